The van der Waals surface area contributed by atoms with Crippen molar-refractivity contribution in [2.24, 2.45) is 0 Å². The van der Waals surface area contributed by atoms with Crippen LogP contribution in [0.3, 0.4) is 0 Å². The number of benzene rings is 2. The number of aromatic amines is 1. The molecule has 4 rings (SSSR count). The molecule has 0 amide bonds. The summed E-state index contributed by atoms with van der Waals surface area (Å²) in [7, 11) is 0. The second-order valence-corrected chi connectivity index (χ2v) is 7.73. The van der Waals surface area contributed by atoms with E-state index in [1.54, 1.807) is 0 Å². The number of ether oxygens (including phenoxy) is 1. The number of nitrogens with zero attached hydrogens (tertiary/aromatic N) is 2. The molecule has 144 valence electrons. The van der Waals surface area contributed by atoms with Crippen molar-refractivity contribution in [3.05, 3.63) is 74.6 Å². The highest BCUT2D eigenvalue weighted by Gasteiger charge is 2.30. The van der Waals surface area contributed by atoms with E-state index in [0.29, 0.717) is 25.0 Å². The lowest BCUT2D eigenvalue weighted by Crippen LogP contribution is -2.23. The van der Waals surface area contributed by atoms with Crippen LogP contribution in [-0.4, -0.2) is 11.6 Å². The molecule has 1 atom stereocenters. The van der Waals surface area contributed by atoms with E-state index in [1.165, 1.54) is 0 Å². The van der Waals surface area contributed by atoms with Crippen molar-refractivity contribution in [2.45, 2.75) is 38.5 Å². The molecule has 5 nitrogen and oxygen atoms in total. The summed E-state index contributed by atoms with van der Waals surface area (Å²) in [5.41, 5.74) is 3.84. The van der Waals surface area contributed by atoms with Crippen LogP contribution in [0.4, 0.5) is 0 Å². The largest absolute Gasteiger partial charge is 0.493 e. The van der Waals surface area contributed by atoms with E-state index in [2.05, 4.69) is 17.1 Å². The minimum absolute atomic E-state index is 0.0937. The van der Waals surface area contributed by atoms with Gasteiger partial charge in [-0.2, -0.15) is 10.5 Å². The Balaban J connectivity index is 1.79. The van der Waals surface area contributed by atoms with E-state index < -0.39 is 5.41 Å². The monoisotopic (exact) mass is 383 g/mol. The Labute approximate surface area is 169 Å². The van der Waals surface area contributed by atoms with Crippen LogP contribution >= 0.6 is 0 Å². The number of nitriles is 2. The van der Waals surface area contributed by atoms with Crippen molar-refractivity contribution < 1.29 is 4.74 Å². The maximum Gasteiger partial charge on any atom is 0.251 e. The first-order valence-electron chi connectivity index (χ1n) is 9.74. The minimum atomic E-state index is -0.831. The summed E-state index contributed by atoms with van der Waals surface area (Å²) in [6, 6.07) is 16.0. The van der Waals surface area contributed by atoms with Gasteiger partial charge in [0, 0.05) is 17.5 Å². The molecule has 1 N–H and O–H groups in total. The van der Waals surface area contributed by atoms with E-state index in [-0.39, 0.29) is 5.56 Å². The molecule has 3 aromatic rings. The smallest absolute Gasteiger partial charge is 0.251 e. The lowest BCUT2D eigenvalue weighted by molar-refractivity contribution is 0.351. The van der Waals surface area contributed by atoms with Gasteiger partial charge in [0.1, 0.15) is 5.75 Å². The average Bonchev–Trinajstić information content (AvgIpc) is 3.21. The first-order valence-corrected chi connectivity index (χ1v) is 9.74. The van der Waals surface area contributed by atoms with Crippen molar-refractivity contribution in [1.29, 1.82) is 10.5 Å². The van der Waals surface area contributed by atoms with Crippen LogP contribution in [0.2, 0.25) is 0 Å². The molecule has 0 radical (unpaired) electrons. The quantitative estimate of drug-likeness (QED) is 0.739. The Hall–Kier alpha value is -3.57. The first-order chi connectivity index (χ1) is 14.0. The van der Waals surface area contributed by atoms with Crippen molar-refractivity contribution in [2.75, 3.05) is 6.61 Å². The lowest BCUT2D eigenvalue weighted by Gasteiger charge is -2.24. The van der Waals surface area contributed by atoms with Crippen LogP contribution in [0, 0.1) is 22.7 Å². The topological polar surface area (TPSA) is 89.7 Å². The summed E-state index contributed by atoms with van der Waals surface area (Å²) < 4.78 is 5.80. The molecule has 0 spiro atoms. The number of pyridine rings is 1. The zero-order valence-electron chi connectivity index (χ0n) is 16.5. The van der Waals surface area contributed by atoms with Gasteiger partial charge in [0.2, 0.25) is 0 Å². The highest BCUT2D eigenvalue weighted by atomic mass is 16.5. The normalized spacial score (nSPS) is 14.5. The summed E-state index contributed by atoms with van der Waals surface area (Å²) in [4.78, 5) is 15.2. The number of rotatable bonds is 4. The van der Waals surface area contributed by atoms with Gasteiger partial charge in [-0.05, 0) is 66.1 Å². The second kappa shape index (κ2) is 7.11. The molecule has 0 bridgehead atoms. The number of hydrogen-bond donors (Lipinski definition) is 1. The van der Waals surface area contributed by atoms with Gasteiger partial charge in [0.15, 0.2) is 0 Å². The molecule has 1 aromatic heterocycles. The third-order valence-electron chi connectivity index (χ3n) is 5.72. The zero-order chi connectivity index (χ0) is 20.6. The van der Waals surface area contributed by atoms with Crippen LogP contribution in [0.25, 0.3) is 10.9 Å². The van der Waals surface area contributed by atoms with Crippen molar-refractivity contribution in [3.8, 4) is 17.9 Å². The maximum atomic E-state index is 12.2. The lowest BCUT2D eigenvalue weighted by atomic mass is 9.77. The van der Waals surface area contributed by atoms with Crippen molar-refractivity contribution >= 4 is 10.9 Å². The summed E-state index contributed by atoms with van der Waals surface area (Å²) in [5, 5.41) is 20.4. The van der Waals surface area contributed by atoms with Crippen LogP contribution in [0.5, 0.6) is 5.75 Å². The Morgan fingerprint density at radius 1 is 1.17 bits per heavy atom. The molecule has 0 saturated carbocycles. The van der Waals surface area contributed by atoms with Crippen LogP contribution < -0.4 is 10.3 Å². The number of aromatic nitrogens is 1. The molecule has 29 heavy (non-hydrogen) atoms. The highest BCUT2D eigenvalue weighted by Crippen LogP contribution is 2.37. The van der Waals surface area contributed by atoms with E-state index in [1.807, 2.05) is 50.2 Å². The van der Waals surface area contributed by atoms with Gasteiger partial charge in [-0.25, -0.2) is 0 Å². The van der Waals surface area contributed by atoms with Crippen LogP contribution in [0.15, 0.2) is 41.2 Å². The molecular weight excluding hydrogens is 362 g/mol. The fourth-order valence-corrected chi connectivity index (χ4v) is 4.02. The minimum Gasteiger partial charge on any atom is -0.493 e. The number of hydrogen-bond acceptors (Lipinski definition) is 4. The Bertz CT molecular complexity index is 1260. The number of fused-ring (bicyclic) bond motifs is 2. The highest BCUT2D eigenvalue weighted by molar-refractivity contribution is 5.80. The van der Waals surface area contributed by atoms with Crippen LogP contribution in [0.1, 0.15) is 41.7 Å². The second-order valence-electron chi connectivity index (χ2n) is 7.73. The maximum absolute atomic E-state index is 12.2. The first kappa shape index (κ1) is 18.8. The van der Waals surface area contributed by atoms with Gasteiger partial charge in [-0.15, -0.1) is 0 Å². The molecule has 1 unspecified atom stereocenters. The summed E-state index contributed by atoms with van der Waals surface area (Å²) in [6.45, 7) is 4.43. The van der Waals surface area contributed by atoms with Crippen molar-refractivity contribution in [3.63, 3.8) is 0 Å². The molecule has 2 heterocycles. The number of nitrogens with one attached hydrogen (secondary N) is 1. The molecule has 2 aromatic carbocycles. The van der Waals surface area contributed by atoms with Gasteiger partial charge in [-0.3, -0.25) is 4.79 Å². The predicted octanol–water partition coefficient (Wildman–Crippen LogP) is 3.92. The number of H-pyrrole nitrogens is 1. The third kappa shape index (κ3) is 3.26. The van der Waals surface area contributed by atoms with E-state index in [0.717, 1.165) is 45.3 Å². The van der Waals surface area contributed by atoms with Crippen LogP contribution in [-0.2, 0) is 24.7 Å². The van der Waals surface area contributed by atoms with Gasteiger partial charge in [-0.1, -0.05) is 19.1 Å². The SMILES string of the molecule is CCc1cc2ccc(C(C)(C#N)Cc3cc(C#N)cc4c3OCC4)cc2[nH]c1=O. The number of aryl methyl sites for hydroxylation is 1. The van der Waals surface area contributed by atoms with E-state index in [9.17, 15) is 15.3 Å². The molecule has 0 fully saturated rings. The Kier molecular flexibility index (Phi) is 4.60. The van der Waals surface area contributed by atoms with Gasteiger partial charge in [0.25, 0.3) is 5.56 Å². The van der Waals surface area contributed by atoms with E-state index >= 15 is 0 Å². The summed E-state index contributed by atoms with van der Waals surface area (Å²) in [5.74, 6) is 0.798. The molecule has 1 aliphatic heterocycles. The van der Waals surface area contributed by atoms with Gasteiger partial charge < -0.3 is 9.72 Å². The molecule has 0 saturated heterocycles. The average molecular weight is 383 g/mol. The standard InChI is InChI=1S/C24H21N3O2/c1-3-16-10-17-4-5-20(11-21(17)27-23(16)28)24(2,14-26)12-19-9-15(13-25)8-18-6-7-29-22(18)19/h4-5,8-11H,3,6-7,12H2,1-2H3,(H,27,28). The predicted molar refractivity (Wildman–Crippen MR) is 111 cm³/mol. The molecule has 5 heteroatoms. The zero-order valence-corrected chi connectivity index (χ0v) is 16.5. The third-order valence-corrected chi connectivity index (χ3v) is 5.72. The van der Waals surface area contributed by atoms with E-state index in [4.69, 9.17) is 4.74 Å². The van der Waals surface area contributed by atoms with Crippen molar-refractivity contribution in [1.82, 2.24) is 4.98 Å². The Morgan fingerprint density at radius 2 is 2.00 bits per heavy atom. The molecular formula is C24H21N3O2. The fraction of sp³-hybridized carbons (Fsp3) is 0.292. The van der Waals surface area contributed by atoms with Gasteiger partial charge in [0.05, 0.1) is 29.7 Å². The van der Waals surface area contributed by atoms with Gasteiger partial charge >= 0.3 is 0 Å². The molecule has 1 aliphatic rings. The summed E-state index contributed by atoms with van der Waals surface area (Å²) in [6.07, 6.45) is 1.87. The fourth-order valence-electron chi connectivity index (χ4n) is 4.02. The molecule has 0 aliphatic carbocycles. The summed E-state index contributed by atoms with van der Waals surface area (Å²) >= 11 is 0. The Morgan fingerprint density at radius 3 is 2.72 bits per heavy atom.